The van der Waals surface area contributed by atoms with Gasteiger partial charge in [0, 0.05) is 35.3 Å². The van der Waals surface area contributed by atoms with Crippen LogP contribution in [0.1, 0.15) is 17.0 Å². The summed E-state index contributed by atoms with van der Waals surface area (Å²) in [4.78, 5) is 6.14. The third-order valence-corrected chi connectivity index (χ3v) is 6.27. The fourth-order valence-electron chi connectivity index (χ4n) is 3.45. The highest BCUT2D eigenvalue weighted by molar-refractivity contribution is 7.98. The van der Waals surface area contributed by atoms with Crippen LogP contribution < -0.4 is 4.74 Å². The number of nitrogens with zero attached hydrogens (tertiary/aromatic N) is 5. The smallest absolute Gasteiger partial charge is 0.196 e. The van der Waals surface area contributed by atoms with E-state index in [1.165, 1.54) is 0 Å². The Hall–Kier alpha value is -3.07. The van der Waals surface area contributed by atoms with Crippen molar-refractivity contribution in [2.24, 2.45) is 0 Å². The molecule has 0 aliphatic carbocycles. The predicted octanol–water partition coefficient (Wildman–Crippen LogP) is 4.95. The summed E-state index contributed by atoms with van der Waals surface area (Å²) in [5.74, 6) is 2.13. The van der Waals surface area contributed by atoms with Crippen LogP contribution >= 0.6 is 23.4 Å². The standard InChI is InChI=1S/C24H24ClN5O2S/c1-29(14-18-5-3-8-21(32-2)23(18)31)15-22-27-28-24(33-16-17-9-11-26-12-10-17)30(22)20-7-4-6-19(25)13-20/h3-13,31H,14-16H2,1-2H3. The summed E-state index contributed by atoms with van der Waals surface area (Å²) >= 11 is 7.88. The number of pyridine rings is 1. The number of hydrogen-bond acceptors (Lipinski definition) is 7. The van der Waals surface area contributed by atoms with Crippen molar-refractivity contribution in [3.05, 3.63) is 89.0 Å². The normalized spacial score (nSPS) is 11.2. The van der Waals surface area contributed by atoms with E-state index < -0.39 is 0 Å². The summed E-state index contributed by atoms with van der Waals surface area (Å²) in [5.41, 5.74) is 2.83. The molecule has 2 aromatic carbocycles. The van der Waals surface area contributed by atoms with Gasteiger partial charge in [-0.05, 0) is 49.0 Å². The van der Waals surface area contributed by atoms with Crippen LogP contribution in [-0.2, 0) is 18.8 Å². The van der Waals surface area contributed by atoms with Gasteiger partial charge in [0.2, 0.25) is 0 Å². The molecule has 0 bridgehead atoms. The minimum Gasteiger partial charge on any atom is -0.504 e. The Labute approximate surface area is 202 Å². The molecule has 0 saturated carbocycles. The number of aromatic hydroxyl groups is 1. The van der Waals surface area contributed by atoms with Crippen molar-refractivity contribution < 1.29 is 9.84 Å². The number of halogens is 1. The molecule has 2 aromatic heterocycles. The van der Waals surface area contributed by atoms with Crippen molar-refractivity contribution in [1.29, 1.82) is 0 Å². The maximum atomic E-state index is 10.4. The number of hydrogen-bond donors (Lipinski definition) is 1. The lowest BCUT2D eigenvalue weighted by Gasteiger charge is -2.19. The van der Waals surface area contributed by atoms with Gasteiger partial charge >= 0.3 is 0 Å². The Balaban J connectivity index is 1.59. The third kappa shape index (κ3) is 5.65. The van der Waals surface area contributed by atoms with E-state index in [9.17, 15) is 5.11 Å². The van der Waals surface area contributed by atoms with Crippen molar-refractivity contribution in [1.82, 2.24) is 24.6 Å². The Bertz CT molecular complexity index is 1220. The van der Waals surface area contributed by atoms with E-state index >= 15 is 0 Å². The molecule has 4 aromatic rings. The van der Waals surface area contributed by atoms with Gasteiger partial charge in [-0.1, -0.05) is 41.6 Å². The minimum absolute atomic E-state index is 0.150. The molecule has 170 valence electrons. The molecule has 9 heteroatoms. The van der Waals surface area contributed by atoms with Gasteiger partial charge in [0.05, 0.1) is 19.3 Å². The number of rotatable bonds is 9. The molecule has 0 aliphatic rings. The van der Waals surface area contributed by atoms with Crippen LogP contribution in [0.4, 0.5) is 0 Å². The summed E-state index contributed by atoms with van der Waals surface area (Å²) in [6, 6.07) is 17.1. The first-order chi connectivity index (χ1) is 16.0. The highest BCUT2D eigenvalue weighted by atomic mass is 35.5. The quantitative estimate of drug-likeness (QED) is 0.339. The van der Waals surface area contributed by atoms with Gasteiger partial charge in [0.25, 0.3) is 0 Å². The van der Waals surface area contributed by atoms with Crippen molar-refractivity contribution in [2.75, 3.05) is 14.2 Å². The molecular formula is C24H24ClN5O2S. The fourth-order valence-corrected chi connectivity index (χ4v) is 4.56. The Morgan fingerprint density at radius 2 is 1.85 bits per heavy atom. The van der Waals surface area contributed by atoms with Gasteiger partial charge in [0.1, 0.15) is 0 Å². The number of para-hydroxylation sites is 1. The topological polar surface area (TPSA) is 76.3 Å². The largest absolute Gasteiger partial charge is 0.504 e. The molecule has 0 saturated heterocycles. The number of ether oxygens (including phenoxy) is 1. The summed E-state index contributed by atoms with van der Waals surface area (Å²) in [6.07, 6.45) is 3.57. The highest BCUT2D eigenvalue weighted by Crippen LogP contribution is 2.31. The van der Waals surface area contributed by atoms with E-state index in [4.69, 9.17) is 16.3 Å². The Kier molecular flexibility index (Phi) is 7.49. The fraction of sp³-hybridized carbons (Fsp3) is 0.208. The maximum absolute atomic E-state index is 10.4. The third-order valence-electron chi connectivity index (χ3n) is 5.04. The molecule has 0 atom stereocenters. The van der Waals surface area contributed by atoms with Gasteiger partial charge < -0.3 is 9.84 Å². The van der Waals surface area contributed by atoms with E-state index in [-0.39, 0.29) is 5.75 Å². The molecule has 0 radical (unpaired) electrons. The summed E-state index contributed by atoms with van der Waals surface area (Å²) < 4.78 is 7.25. The summed E-state index contributed by atoms with van der Waals surface area (Å²) in [7, 11) is 3.51. The van der Waals surface area contributed by atoms with Crippen LogP contribution in [0.3, 0.4) is 0 Å². The Morgan fingerprint density at radius 1 is 1.06 bits per heavy atom. The Morgan fingerprint density at radius 3 is 2.61 bits per heavy atom. The number of aromatic nitrogens is 4. The van der Waals surface area contributed by atoms with E-state index in [0.29, 0.717) is 23.9 Å². The highest BCUT2D eigenvalue weighted by Gasteiger charge is 2.18. The van der Waals surface area contributed by atoms with Crippen LogP contribution in [0, 0.1) is 0 Å². The first kappa shape index (κ1) is 23.1. The molecule has 0 amide bonds. The lowest BCUT2D eigenvalue weighted by Crippen LogP contribution is -2.20. The first-order valence-corrected chi connectivity index (χ1v) is 11.7. The van der Waals surface area contributed by atoms with Gasteiger partial charge in [-0.25, -0.2) is 0 Å². The molecule has 0 fully saturated rings. The molecule has 4 rings (SSSR count). The second kappa shape index (κ2) is 10.7. The van der Waals surface area contributed by atoms with Crippen LogP contribution in [-0.4, -0.2) is 43.9 Å². The maximum Gasteiger partial charge on any atom is 0.196 e. The van der Waals surface area contributed by atoms with Crippen molar-refractivity contribution in [3.63, 3.8) is 0 Å². The SMILES string of the molecule is COc1cccc(CN(C)Cc2nnc(SCc3ccncc3)n2-c2cccc(Cl)c2)c1O. The lowest BCUT2D eigenvalue weighted by atomic mass is 10.1. The lowest BCUT2D eigenvalue weighted by molar-refractivity contribution is 0.298. The summed E-state index contributed by atoms with van der Waals surface area (Å²) in [5, 5.41) is 20.8. The monoisotopic (exact) mass is 481 g/mol. The average Bonchev–Trinajstić information content (AvgIpc) is 3.22. The number of phenols is 1. The molecule has 1 N–H and O–H groups in total. The van der Waals surface area contributed by atoms with E-state index in [1.807, 2.05) is 60.1 Å². The number of phenolic OH excluding ortho intramolecular Hbond substituents is 1. The summed E-state index contributed by atoms with van der Waals surface area (Å²) in [6.45, 7) is 1.04. The second-order valence-electron chi connectivity index (χ2n) is 7.50. The van der Waals surface area contributed by atoms with Crippen LogP contribution in [0.5, 0.6) is 11.5 Å². The number of thioether (sulfide) groups is 1. The molecule has 0 unspecified atom stereocenters. The zero-order valence-electron chi connectivity index (χ0n) is 18.3. The van der Waals surface area contributed by atoms with Crippen LogP contribution in [0.25, 0.3) is 5.69 Å². The molecule has 7 nitrogen and oxygen atoms in total. The predicted molar refractivity (Wildman–Crippen MR) is 130 cm³/mol. The minimum atomic E-state index is 0.150. The zero-order valence-corrected chi connectivity index (χ0v) is 19.9. The average molecular weight is 482 g/mol. The van der Waals surface area contributed by atoms with Crippen molar-refractivity contribution in [2.45, 2.75) is 24.0 Å². The molecule has 0 spiro atoms. The molecular weight excluding hydrogens is 458 g/mol. The van der Waals surface area contributed by atoms with Gasteiger partial charge in [-0.2, -0.15) is 0 Å². The molecule has 0 aliphatic heterocycles. The van der Waals surface area contributed by atoms with Crippen LogP contribution in [0.15, 0.2) is 72.1 Å². The van der Waals surface area contributed by atoms with Crippen molar-refractivity contribution in [3.8, 4) is 17.2 Å². The second-order valence-corrected chi connectivity index (χ2v) is 8.88. The number of methoxy groups -OCH3 is 1. The first-order valence-electron chi connectivity index (χ1n) is 10.3. The van der Waals surface area contributed by atoms with Crippen LogP contribution in [0.2, 0.25) is 5.02 Å². The zero-order chi connectivity index (χ0) is 23.2. The number of benzene rings is 2. The van der Waals surface area contributed by atoms with E-state index in [2.05, 4.69) is 20.1 Å². The van der Waals surface area contributed by atoms with Gasteiger partial charge in [0.15, 0.2) is 22.5 Å². The molecule has 33 heavy (non-hydrogen) atoms. The molecule has 2 heterocycles. The van der Waals surface area contributed by atoms with Gasteiger partial charge in [-0.15, -0.1) is 10.2 Å². The van der Waals surface area contributed by atoms with Gasteiger partial charge in [-0.3, -0.25) is 14.5 Å². The van der Waals surface area contributed by atoms with Crippen molar-refractivity contribution >= 4 is 23.4 Å². The van der Waals surface area contributed by atoms with E-state index in [1.54, 1.807) is 37.3 Å². The van der Waals surface area contributed by atoms with E-state index in [0.717, 1.165) is 33.5 Å².